The van der Waals surface area contributed by atoms with Crippen molar-refractivity contribution in [2.24, 2.45) is 0 Å². The van der Waals surface area contributed by atoms with E-state index in [1.807, 2.05) is 0 Å². The van der Waals surface area contributed by atoms with E-state index in [2.05, 4.69) is 20.0 Å². The predicted molar refractivity (Wildman–Crippen MR) is 118 cm³/mol. The lowest BCUT2D eigenvalue weighted by Gasteiger charge is -2.37. The Bertz CT molecular complexity index is 1110. The summed E-state index contributed by atoms with van der Waals surface area (Å²) in [7, 11) is 2.75. The number of alkyl halides is 9. The first-order valence-electron chi connectivity index (χ1n) is 11.1. The Morgan fingerprint density at radius 1 is 0.947 bits per heavy atom. The normalized spacial score (nSPS) is 18.6. The van der Waals surface area contributed by atoms with Gasteiger partial charge in [0, 0.05) is 38.1 Å². The molecular formula is C22H22F9N5O2. The number of amides is 1. The van der Waals surface area contributed by atoms with Crippen molar-refractivity contribution in [3.8, 4) is 5.75 Å². The summed E-state index contributed by atoms with van der Waals surface area (Å²) in [6.45, 7) is 0. The van der Waals surface area contributed by atoms with Gasteiger partial charge in [0.05, 0.1) is 0 Å². The fraction of sp³-hybridized carbons (Fsp3) is 0.500. The number of benzene rings is 1. The Morgan fingerprint density at radius 3 is 2.00 bits per heavy atom. The number of halogens is 9. The highest BCUT2D eigenvalue weighted by molar-refractivity contribution is 5.98. The lowest BCUT2D eigenvalue weighted by molar-refractivity contribution is -0.274. The van der Waals surface area contributed by atoms with E-state index in [-0.39, 0.29) is 43.1 Å². The van der Waals surface area contributed by atoms with Crippen LogP contribution in [0.4, 0.5) is 57.0 Å². The largest absolute Gasteiger partial charge is 0.573 e. The molecular weight excluding hydrogens is 537 g/mol. The number of nitrogens with one attached hydrogen (secondary N) is 1. The molecule has 1 fully saturated rings. The minimum absolute atomic E-state index is 0.0570. The summed E-state index contributed by atoms with van der Waals surface area (Å²) in [6, 6.07) is 2.10. The summed E-state index contributed by atoms with van der Waals surface area (Å²) >= 11 is 0. The number of ether oxygens (including phenoxy) is 1. The van der Waals surface area contributed by atoms with Gasteiger partial charge in [-0.15, -0.1) is 13.2 Å². The molecule has 1 aliphatic rings. The van der Waals surface area contributed by atoms with E-state index in [1.54, 1.807) is 0 Å². The van der Waals surface area contributed by atoms with Gasteiger partial charge in [-0.3, -0.25) is 4.79 Å². The van der Waals surface area contributed by atoms with Crippen molar-refractivity contribution >= 4 is 23.4 Å². The minimum Gasteiger partial charge on any atom is -0.406 e. The Balaban J connectivity index is 1.75. The van der Waals surface area contributed by atoms with E-state index in [9.17, 15) is 44.3 Å². The van der Waals surface area contributed by atoms with E-state index >= 15 is 0 Å². The average molecular weight is 559 g/mol. The molecule has 1 heterocycles. The van der Waals surface area contributed by atoms with Gasteiger partial charge in [-0.05, 0) is 49.9 Å². The molecule has 0 unspecified atom stereocenters. The van der Waals surface area contributed by atoms with E-state index in [0.717, 1.165) is 29.2 Å². The standard InChI is InChI=1S/C22H22F9N5O2/c1-35(2)17-16(20(23,24)25)11-32-19(34-17)33-12-3-5-13(6-4-12)36(18(37)21(26,27)28)14-7-9-15(10-8-14)38-22(29,30)31/h7-13H,3-6H2,1-2H3,(H,32,33,34). The van der Waals surface area contributed by atoms with Gasteiger partial charge in [0.1, 0.15) is 17.1 Å². The van der Waals surface area contributed by atoms with Crippen LogP contribution in [0.2, 0.25) is 0 Å². The molecule has 0 radical (unpaired) electrons. The summed E-state index contributed by atoms with van der Waals surface area (Å²) in [5.41, 5.74) is -1.30. The number of carbonyl (C=O) groups excluding carboxylic acids is 1. The third-order valence-corrected chi connectivity index (χ3v) is 5.70. The molecule has 2 aromatic rings. The van der Waals surface area contributed by atoms with Crippen molar-refractivity contribution in [1.82, 2.24) is 9.97 Å². The van der Waals surface area contributed by atoms with Crippen molar-refractivity contribution in [3.63, 3.8) is 0 Å². The van der Waals surface area contributed by atoms with Gasteiger partial charge in [-0.25, -0.2) is 4.98 Å². The van der Waals surface area contributed by atoms with Crippen LogP contribution in [-0.2, 0) is 11.0 Å². The average Bonchev–Trinajstić information content (AvgIpc) is 2.79. The number of carbonyl (C=O) groups is 1. The lowest BCUT2D eigenvalue weighted by atomic mass is 9.89. The number of aromatic nitrogens is 2. The molecule has 1 aromatic carbocycles. The van der Waals surface area contributed by atoms with E-state index < -0.39 is 48.0 Å². The molecule has 0 spiro atoms. The number of rotatable bonds is 6. The molecule has 0 atom stereocenters. The van der Waals surface area contributed by atoms with Crippen molar-refractivity contribution in [2.75, 3.05) is 29.2 Å². The highest BCUT2D eigenvalue weighted by Crippen LogP contribution is 2.36. The number of hydrogen-bond acceptors (Lipinski definition) is 6. The monoisotopic (exact) mass is 559 g/mol. The van der Waals surface area contributed by atoms with Crippen LogP contribution in [0.5, 0.6) is 5.75 Å². The maximum Gasteiger partial charge on any atom is 0.573 e. The van der Waals surface area contributed by atoms with Crippen LogP contribution in [0.25, 0.3) is 0 Å². The first kappa shape index (κ1) is 29.1. The van der Waals surface area contributed by atoms with E-state index in [4.69, 9.17) is 0 Å². The van der Waals surface area contributed by atoms with Crippen molar-refractivity contribution in [2.45, 2.75) is 56.5 Å². The molecule has 38 heavy (non-hydrogen) atoms. The fourth-order valence-electron chi connectivity index (χ4n) is 4.08. The fourth-order valence-corrected chi connectivity index (χ4v) is 4.08. The second-order valence-electron chi connectivity index (χ2n) is 8.69. The van der Waals surface area contributed by atoms with Gasteiger partial charge >= 0.3 is 24.6 Å². The number of nitrogens with zero attached hydrogens (tertiary/aromatic N) is 4. The Morgan fingerprint density at radius 2 is 1.53 bits per heavy atom. The Labute approximate surface area is 210 Å². The van der Waals surface area contributed by atoms with Crippen LogP contribution in [0.3, 0.4) is 0 Å². The SMILES string of the molecule is CN(C)c1nc(NC2CCC(N(C(=O)C(F)(F)F)c3ccc(OC(F)(F)F)cc3)CC2)ncc1C(F)(F)F. The van der Waals surface area contributed by atoms with Crippen LogP contribution in [-0.4, -0.2) is 54.6 Å². The van der Waals surface area contributed by atoms with Gasteiger partial charge in [0.2, 0.25) is 5.95 Å². The minimum atomic E-state index is -5.24. The maximum atomic E-state index is 13.3. The second kappa shape index (κ2) is 10.7. The molecule has 3 rings (SSSR count). The summed E-state index contributed by atoms with van der Waals surface area (Å²) < 4.78 is 121. The van der Waals surface area contributed by atoms with Gasteiger partial charge in [0.25, 0.3) is 0 Å². The first-order valence-corrected chi connectivity index (χ1v) is 11.1. The third kappa shape index (κ3) is 7.31. The number of hydrogen-bond donors (Lipinski definition) is 1. The second-order valence-corrected chi connectivity index (χ2v) is 8.69. The molecule has 7 nitrogen and oxygen atoms in total. The molecule has 1 amide bonds. The van der Waals surface area contributed by atoms with Crippen molar-refractivity contribution < 1.29 is 49.0 Å². The molecule has 1 aliphatic carbocycles. The van der Waals surface area contributed by atoms with Gasteiger partial charge in [-0.1, -0.05) is 0 Å². The predicted octanol–water partition coefficient (Wildman–Crippen LogP) is 5.78. The van der Waals surface area contributed by atoms with Crippen LogP contribution < -0.4 is 19.9 Å². The van der Waals surface area contributed by atoms with Crippen LogP contribution >= 0.6 is 0 Å². The molecule has 16 heteroatoms. The van der Waals surface area contributed by atoms with E-state index in [1.165, 1.54) is 14.1 Å². The summed E-state index contributed by atoms with van der Waals surface area (Å²) in [4.78, 5) is 21.5. The first-order chi connectivity index (χ1) is 17.5. The number of anilines is 3. The highest BCUT2D eigenvalue weighted by atomic mass is 19.4. The molecule has 0 bridgehead atoms. The summed E-state index contributed by atoms with van der Waals surface area (Å²) in [5.74, 6) is -3.32. The van der Waals surface area contributed by atoms with Crippen LogP contribution in [0.1, 0.15) is 31.2 Å². The Kier molecular flexibility index (Phi) is 8.21. The van der Waals surface area contributed by atoms with Gasteiger partial charge in [-0.2, -0.15) is 31.3 Å². The zero-order chi connectivity index (χ0) is 28.5. The topological polar surface area (TPSA) is 70.6 Å². The quantitative estimate of drug-likeness (QED) is 0.453. The summed E-state index contributed by atoms with van der Waals surface area (Å²) in [5, 5.41) is 2.88. The lowest BCUT2D eigenvalue weighted by Crippen LogP contribution is -2.49. The van der Waals surface area contributed by atoms with Gasteiger partial charge in [0.15, 0.2) is 0 Å². The molecule has 0 aliphatic heterocycles. The van der Waals surface area contributed by atoms with E-state index in [0.29, 0.717) is 11.1 Å². The van der Waals surface area contributed by atoms with Crippen molar-refractivity contribution in [3.05, 3.63) is 36.0 Å². The molecule has 0 saturated heterocycles. The molecule has 1 saturated carbocycles. The molecule has 1 N–H and O–H groups in total. The Hall–Kier alpha value is -3.46. The zero-order valence-corrected chi connectivity index (χ0v) is 19.9. The molecule has 1 aromatic heterocycles. The highest BCUT2D eigenvalue weighted by Gasteiger charge is 2.46. The van der Waals surface area contributed by atoms with Gasteiger partial charge < -0.3 is 19.9 Å². The zero-order valence-electron chi connectivity index (χ0n) is 19.9. The van der Waals surface area contributed by atoms with Crippen LogP contribution in [0.15, 0.2) is 30.5 Å². The maximum absolute atomic E-state index is 13.3. The van der Waals surface area contributed by atoms with Crippen LogP contribution in [0, 0.1) is 0 Å². The third-order valence-electron chi connectivity index (χ3n) is 5.70. The smallest absolute Gasteiger partial charge is 0.406 e. The van der Waals surface area contributed by atoms with Crippen molar-refractivity contribution in [1.29, 1.82) is 0 Å². The summed E-state index contributed by atoms with van der Waals surface area (Å²) in [6.07, 6.45) is -13.8. The molecule has 210 valence electrons.